The molecule has 1 aromatic heterocycles. The fourth-order valence-electron chi connectivity index (χ4n) is 2.98. The monoisotopic (exact) mass is 416 g/mol. The second-order valence-corrected chi connectivity index (χ2v) is 7.04. The quantitative estimate of drug-likeness (QED) is 0.298. The maximum Gasteiger partial charge on any atom is 0.338 e. The molecular formula is C21H28N4O3S. The lowest BCUT2D eigenvalue weighted by Gasteiger charge is -2.13. The number of nitrogens with zero attached hydrogens (tertiary/aromatic N) is 2. The van der Waals surface area contributed by atoms with Gasteiger partial charge in [-0.05, 0) is 70.2 Å². The first-order valence-electron chi connectivity index (χ1n) is 9.42. The van der Waals surface area contributed by atoms with E-state index in [9.17, 15) is 4.79 Å². The van der Waals surface area contributed by atoms with Crippen LogP contribution in [0.3, 0.4) is 0 Å². The first-order valence-corrected chi connectivity index (χ1v) is 9.83. The zero-order chi connectivity index (χ0) is 21.4. The number of methoxy groups -OCH3 is 1. The Hall–Kier alpha value is -2.71. The summed E-state index contributed by atoms with van der Waals surface area (Å²) in [6, 6.07) is 9.49. The number of nitrogens with one attached hydrogen (secondary N) is 2. The summed E-state index contributed by atoms with van der Waals surface area (Å²) in [5, 5.41) is 7.75. The smallest absolute Gasteiger partial charge is 0.338 e. The van der Waals surface area contributed by atoms with Crippen molar-refractivity contribution < 1.29 is 14.3 Å². The van der Waals surface area contributed by atoms with Crippen molar-refractivity contribution in [2.24, 2.45) is 5.10 Å². The van der Waals surface area contributed by atoms with Gasteiger partial charge in [0.05, 0.1) is 25.0 Å². The zero-order valence-electron chi connectivity index (χ0n) is 17.5. The molecule has 1 aromatic carbocycles. The molecule has 1 atom stereocenters. The van der Waals surface area contributed by atoms with Gasteiger partial charge in [-0.2, -0.15) is 5.10 Å². The van der Waals surface area contributed by atoms with Crippen molar-refractivity contribution in [3.05, 3.63) is 52.8 Å². The predicted molar refractivity (Wildman–Crippen MR) is 119 cm³/mol. The molecule has 0 bridgehead atoms. The molecule has 0 aliphatic heterocycles. The number of aryl methyl sites for hydroxylation is 1. The zero-order valence-corrected chi connectivity index (χ0v) is 18.3. The van der Waals surface area contributed by atoms with E-state index in [0.717, 1.165) is 22.6 Å². The molecule has 7 nitrogen and oxygen atoms in total. The predicted octanol–water partition coefficient (Wildman–Crippen LogP) is 3.10. The fraction of sp³-hybridized carbons (Fsp3) is 0.381. The summed E-state index contributed by atoms with van der Waals surface area (Å²) in [4.78, 5) is 11.8. The van der Waals surface area contributed by atoms with Crippen LogP contribution in [0.5, 0.6) is 0 Å². The largest absolute Gasteiger partial charge is 0.462 e. The van der Waals surface area contributed by atoms with Crippen LogP contribution in [-0.2, 0) is 9.47 Å². The van der Waals surface area contributed by atoms with Crippen LogP contribution in [0.1, 0.15) is 41.2 Å². The lowest BCUT2D eigenvalue weighted by atomic mass is 10.2. The van der Waals surface area contributed by atoms with E-state index in [1.54, 1.807) is 32.4 Å². The van der Waals surface area contributed by atoms with Gasteiger partial charge in [-0.3, -0.25) is 5.43 Å². The topological polar surface area (TPSA) is 76.9 Å². The number of hydrogen-bond acceptors (Lipinski definition) is 5. The van der Waals surface area contributed by atoms with Gasteiger partial charge in [-0.15, -0.1) is 0 Å². The minimum Gasteiger partial charge on any atom is -0.462 e. The number of hydrogen-bond donors (Lipinski definition) is 2. The third-order valence-electron chi connectivity index (χ3n) is 4.27. The van der Waals surface area contributed by atoms with E-state index in [-0.39, 0.29) is 12.0 Å². The van der Waals surface area contributed by atoms with Crippen LogP contribution in [0.4, 0.5) is 0 Å². The van der Waals surface area contributed by atoms with Gasteiger partial charge in [0, 0.05) is 35.8 Å². The van der Waals surface area contributed by atoms with Crippen molar-refractivity contribution in [1.29, 1.82) is 0 Å². The molecule has 0 spiro atoms. The highest BCUT2D eigenvalue weighted by molar-refractivity contribution is 7.80. The number of carbonyl (C=O) groups excluding carboxylic acids is 1. The Morgan fingerprint density at radius 3 is 2.62 bits per heavy atom. The van der Waals surface area contributed by atoms with Crippen molar-refractivity contribution in [2.45, 2.75) is 33.7 Å². The number of aromatic nitrogens is 1. The molecule has 0 unspecified atom stereocenters. The maximum atomic E-state index is 11.8. The third kappa shape index (κ3) is 6.13. The first kappa shape index (κ1) is 22.6. The van der Waals surface area contributed by atoms with Crippen LogP contribution in [-0.4, -0.2) is 48.2 Å². The summed E-state index contributed by atoms with van der Waals surface area (Å²) < 4.78 is 12.2. The SMILES string of the molecule is CCOC(=O)c1ccc(-n2c(C)cc(/C=N\NC(=S)N[C@@H](C)COC)c2C)cc1. The average Bonchev–Trinajstić information content (AvgIpc) is 2.95. The Bertz CT molecular complexity index is 875. The molecule has 0 fully saturated rings. The summed E-state index contributed by atoms with van der Waals surface area (Å²) >= 11 is 5.22. The average molecular weight is 417 g/mol. The molecule has 2 aromatic rings. The third-order valence-corrected chi connectivity index (χ3v) is 4.48. The van der Waals surface area contributed by atoms with Crippen molar-refractivity contribution in [2.75, 3.05) is 20.3 Å². The minimum atomic E-state index is -0.316. The fourth-order valence-corrected chi connectivity index (χ4v) is 3.24. The normalized spacial score (nSPS) is 12.0. The summed E-state index contributed by atoms with van der Waals surface area (Å²) in [7, 11) is 1.65. The van der Waals surface area contributed by atoms with Crippen LogP contribution in [0.15, 0.2) is 35.4 Å². The van der Waals surface area contributed by atoms with Gasteiger partial charge in [0.2, 0.25) is 0 Å². The number of ether oxygens (including phenoxy) is 2. The second-order valence-electron chi connectivity index (χ2n) is 6.63. The summed E-state index contributed by atoms with van der Waals surface area (Å²) in [5.41, 5.74) is 7.38. The van der Waals surface area contributed by atoms with E-state index in [1.165, 1.54) is 0 Å². The van der Waals surface area contributed by atoms with Crippen molar-refractivity contribution in [3.63, 3.8) is 0 Å². The molecular weight excluding hydrogens is 388 g/mol. The van der Waals surface area contributed by atoms with Crippen LogP contribution < -0.4 is 10.7 Å². The van der Waals surface area contributed by atoms with Gasteiger partial charge in [0.15, 0.2) is 5.11 Å². The molecule has 2 rings (SSSR count). The van der Waals surface area contributed by atoms with Crippen molar-refractivity contribution in [3.8, 4) is 5.69 Å². The Balaban J connectivity index is 2.10. The summed E-state index contributed by atoms with van der Waals surface area (Å²) in [6.45, 7) is 8.72. The van der Waals surface area contributed by atoms with E-state index in [1.807, 2.05) is 39.0 Å². The molecule has 0 saturated heterocycles. The van der Waals surface area contributed by atoms with E-state index >= 15 is 0 Å². The second kappa shape index (κ2) is 10.7. The van der Waals surface area contributed by atoms with Gasteiger partial charge in [0.1, 0.15) is 0 Å². The van der Waals surface area contributed by atoms with Crippen molar-refractivity contribution >= 4 is 29.5 Å². The highest BCUT2D eigenvalue weighted by atomic mass is 32.1. The Morgan fingerprint density at radius 2 is 2.00 bits per heavy atom. The van der Waals surface area contributed by atoms with Crippen molar-refractivity contribution in [1.82, 2.24) is 15.3 Å². The molecule has 0 aliphatic rings. The van der Waals surface area contributed by atoms with Crippen LogP contribution in [0.2, 0.25) is 0 Å². The molecule has 1 heterocycles. The Morgan fingerprint density at radius 1 is 1.31 bits per heavy atom. The van der Waals surface area contributed by atoms with E-state index in [0.29, 0.717) is 23.9 Å². The highest BCUT2D eigenvalue weighted by Gasteiger charge is 2.11. The van der Waals surface area contributed by atoms with Crippen LogP contribution >= 0.6 is 12.2 Å². The number of hydrazone groups is 1. The summed E-state index contributed by atoms with van der Waals surface area (Å²) in [6.07, 6.45) is 1.74. The Kier molecular flexibility index (Phi) is 8.35. The maximum absolute atomic E-state index is 11.8. The highest BCUT2D eigenvalue weighted by Crippen LogP contribution is 2.20. The lowest BCUT2D eigenvalue weighted by Crippen LogP contribution is -2.40. The molecule has 0 aliphatic carbocycles. The molecule has 0 amide bonds. The summed E-state index contributed by atoms with van der Waals surface area (Å²) in [5.74, 6) is -0.316. The van der Waals surface area contributed by atoms with Gasteiger partial charge < -0.3 is 19.4 Å². The lowest BCUT2D eigenvalue weighted by molar-refractivity contribution is 0.0526. The van der Waals surface area contributed by atoms with Crippen LogP contribution in [0, 0.1) is 13.8 Å². The first-order chi connectivity index (χ1) is 13.9. The van der Waals surface area contributed by atoms with Gasteiger partial charge in [0.25, 0.3) is 0 Å². The standard InChI is InChI=1S/C21H28N4O3S/c1-6-28-20(26)17-7-9-19(10-8-17)25-15(3)11-18(16(25)4)12-22-24-21(29)23-14(2)13-27-5/h7-12,14H,6,13H2,1-5H3,(H2,23,24,29)/b22-12-/t14-/m0/s1. The molecule has 0 saturated carbocycles. The molecule has 8 heteroatoms. The molecule has 0 radical (unpaired) electrons. The number of rotatable bonds is 8. The number of thiocarbonyl (C=S) groups is 1. The number of carbonyl (C=O) groups is 1. The number of esters is 1. The molecule has 2 N–H and O–H groups in total. The van der Waals surface area contributed by atoms with Gasteiger partial charge in [-0.1, -0.05) is 0 Å². The van der Waals surface area contributed by atoms with E-state index in [2.05, 4.69) is 20.4 Å². The van der Waals surface area contributed by atoms with Gasteiger partial charge in [-0.25, -0.2) is 4.79 Å². The molecule has 156 valence electrons. The molecule has 29 heavy (non-hydrogen) atoms. The van der Waals surface area contributed by atoms with Crippen LogP contribution in [0.25, 0.3) is 5.69 Å². The minimum absolute atomic E-state index is 0.0952. The van der Waals surface area contributed by atoms with E-state index < -0.39 is 0 Å². The number of benzene rings is 1. The van der Waals surface area contributed by atoms with Gasteiger partial charge >= 0.3 is 5.97 Å². The van der Waals surface area contributed by atoms with E-state index in [4.69, 9.17) is 21.7 Å². The Labute approximate surface area is 177 Å².